The van der Waals surface area contributed by atoms with Gasteiger partial charge in [-0.25, -0.2) is 0 Å². The van der Waals surface area contributed by atoms with E-state index < -0.39 is 0 Å². The van der Waals surface area contributed by atoms with Crippen molar-refractivity contribution in [2.75, 3.05) is 13.7 Å². The molecular formula is C21H26N4O. The van der Waals surface area contributed by atoms with Crippen LogP contribution in [0.2, 0.25) is 0 Å². The molecule has 2 heterocycles. The number of nitrogens with zero attached hydrogens (tertiary/aromatic N) is 4. The van der Waals surface area contributed by atoms with Gasteiger partial charge in [0.2, 0.25) is 0 Å². The number of nitriles is 1. The molecule has 0 aliphatic heterocycles. The van der Waals surface area contributed by atoms with Crippen molar-refractivity contribution >= 4 is 0 Å². The molecule has 0 spiro atoms. The van der Waals surface area contributed by atoms with Gasteiger partial charge in [0, 0.05) is 42.6 Å². The normalized spacial score (nSPS) is 18.5. The fourth-order valence-electron chi connectivity index (χ4n) is 4.88. The fourth-order valence-corrected chi connectivity index (χ4v) is 4.88. The molecule has 0 radical (unpaired) electrons. The highest BCUT2D eigenvalue weighted by Gasteiger charge is 2.41. The highest BCUT2D eigenvalue weighted by Crippen LogP contribution is 2.45. The molecule has 1 fully saturated rings. The molecular weight excluding hydrogens is 324 g/mol. The van der Waals surface area contributed by atoms with E-state index in [1.165, 1.54) is 30.5 Å². The van der Waals surface area contributed by atoms with Crippen LogP contribution in [0.5, 0.6) is 0 Å². The van der Waals surface area contributed by atoms with Crippen molar-refractivity contribution in [3.63, 3.8) is 0 Å². The van der Waals surface area contributed by atoms with Crippen LogP contribution in [0, 0.1) is 11.3 Å². The summed E-state index contributed by atoms with van der Waals surface area (Å²) in [5.74, 6) is 0. The van der Waals surface area contributed by atoms with Crippen molar-refractivity contribution in [1.82, 2.24) is 14.8 Å². The molecule has 136 valence electrons. The topological polar surface area (TPSA) is 63.7 Å². The molecule has 4 rings (SSSR count). The third-order valence-corrected chi connectivity index (χ3v) is 6.06. The van der Waals surface area contributed by atoms with E-state index in [1.807, 2.05) is 24.1 Å². The van der Waals surface area contributed by atoms with E-state index in [9.17, 15) is 5.26 Å². The molecule has 0 atom stereocenters. The average molecular weight is 350 g/mol. The summed E-state index contributed by atoms with van der Waals surface area (Å²) >= 11 is 0. The SMILES string of the molecule is COCC1(c2nc3c(c(-c4cnn(C)c4)c2C#N)CCCC3)CCCC1. The Labute approximate surface area is 155 Å². The van der Waals surface area contributed by atoms with E-state index in [-0.39, 0.29) is 5.41 Å². The molecule has 0 N–H and O–H groups in total. The third-order valence-electron chi connectivity index (χ3n) is 6.06. The number of methoxy groups -OCH3 is 1. The van der Waals surface area contributed by atoms with E-state index in [2.05, 4.69) is 11.2 Å². The number of rotatable bonds is 4. The lowest BCUT2D eigenvalue weighted by Crippen LogP contribution is -2.32. The molecule has 26 heavy (non-hydrogen) atoms. The van der Waals surface area contributed by atoms with Gasteiger partial charge in [-0.1, -0.05) is 12.8 Å². The van der Waals surface area contributed by atoms with Crippen LogP contribution >= 0.6 is 0 Å². The summed E-state index contributed by atoms with van der Waals surface area (Å²) in [7, 11) is 3.68. The van der Waals surface area contributed by atoms with Crippen LogP contribution in [0.15, 0.2) is 12.4 Å². The molecule has 0 unspecified atom stereocenters. The standard InChI is InChI=1S/C21H26N4O/c1-25-13-15(12-23-25)19-16-7-3-4-8-18(16)24-20(17(19)11-22)21(14-26-2)9-5-6-10-21/h12-13H,3-10,14H2,1-2H3. The van der Waals surface area contributed by atoms with Crippen LogP contribution in [-0.2, 0) is 30.0 Å². The number of ether oxygens (including phenoxy) is 1. The van der Waals surface area contributed by atoms with Crippen molar-refractivity contribution < 1.29 is 4.74 Å². The Morgan fingerprint density at radius 3 is 2.65 bits per heavy atom. The Kier molecular flexibility index (Phi) is 4.54. The second kappa shape index (κ2) is 6.85. The Morgan fingerprint density at radius 2 is 2.00 bits per heavy atom. The van der Waals surface area contributed by atoms with Crippen molar-refractivity contribution in [2.24, 2.45) is 7.05 Å². The maximum atomic E-state index is 10.2. The lowest BCUT2D eigenvalue weighted by Gasteiger charge is -2.31. The minimum absolute atomic E-state index is 0.122. The van der Waals surface area contributed by atoms with Gasteiger partial charge in [-0.05, 0) is 44.1 Å². The van der Waals surface area contributed by atoms with E-state index in [0.717, 1.165) is 54.5 Å². The van der Waals surface area contributed by atoms with Crippen LogP contribution in [-0.4, -0.2) is 28.5 Å². The summed E-state index contributed by atoms with van der Waals surface area (Å²) in [6.45, 7) is 0.639. The first-order chi connectivity index (χ1) is 12.7. The average Bonchev–Trinajstić information content (AvgIpc) is 3.30. The summed E-state index contributed by atoms with van der Waals surface area (Å²) in [6, 6.07) is 2.53. The summed E-state index contributed by atoms with van der Waals surface area (Å²) in [6.07, 6.45) is 12.7. The van der Waals surface area contributed by atoms with Crippen LogP contribution in [0.25, 0.3) is 11.1 Å². The van der Waals surface area contributed by atoms with Crippen LogP contribution in [0.3, 0.4) is 0 Å². The highest BCUT2D eigenvalue weighted by molar-refractivity contribution is 5.75. The van der Waals surface area contributed by atoms with E-state index in [4.69, 9.17) is 9.72 Å². The molecule has 5 heteroatoms. The van der Waals surface area contributed by atoms with Gasteiger partial charge in [0.1, 0.15) is 6.07 Å². The highest BCUT2D eigenvalue weighted by atomic mass is 16.5. The van der Waals surface area contributed by atoms with Gasteiger partial charge in [0.15, 0.2) is 0 Å². The van der Waals surface area contributed by atoms with Gasteiger partial charge in [0.25, 0.3) is 0 Å². The van der Waals surface area contributed by atoms with Crippen LogP contribution in [0.4, 0.5) is 0 Å². The van der Waals surface area contributed by atoms with E-state index in [1.54, 1.807) is 7.11 Å². The second-order valence-corrected chi connectivity index (χ2v) is 7.78. The van der Waals surface area contributed by atoms with Crippen molar-refractivity contribution in [3.05, 3.63) is 34.9 Å². The van der Waals surface area contributed by atoms with Gasteiger partial charge in [0.05, 0.1) is 24.1 Å². The number of pyridine rings is 1. The minimum Gasteiger partial charge on any atom is -0.384 e. The monoisotopic (exact) mass is 350 g/mol. The lowest BCUT2D eigenvalue weighted by molar-refractivity contribution is 0.129. The minimum atomic E-state index is -0.122. The maximum absolute atomic E-state index is 10.2. The summed E-state index contributed by atoms with van der Waals surface area (Å²) in [4.78, 5) is 5.12. The zero-order valence-corrected chi connectivity index (χ0v) is 15.7. The molecule has 0 bridgehead atoms. The first kappa shape index (κ1) is 17.2. The fraction of sp³-hybridized carbons (Fsp3) is 0.571. The smallest absolute Gasteiger partial charge is 0.102 e. The molecule has 2 aliphatic rings. The third kappa shape index (κ3) is 2.73. The number of hydrogen-bond acceptors (Lipinski definition) is 4. The molecule has 2 aromatic rings. The predicted octanol–water partition coefficient (Wildman–Crippen LogP) is 3.69. The Balaban J connectivity index is 2.00. The van der Waals surface area contributed by atoms with Gasteiger partial charge in [-0.2, -0.15) is 10.4 Å². The van der Waals surface area contributed by atoms with Crippen molar-refractivity contribution in [3.8, 4) is 17.2 Å². The van der Waals surface area contributed by atoms with Gasteiger partial charge >= 0.3 is 0 Å². The zero-order chi connectivity index (χ0) is 18.1. The zero-order valence-electron chi connectivity index (χ0n) is 15.7. The van der Waals surface area contributed by atoms with Gasteiger partial charge in [-0.15, -0.1) is 0 Å². The van der Waals surface area contributed by atoms with Crippen molar-refractivity contribution in [2.45, 2.75) is 56.8 Å². The first-order valence-corrected chi connectivity index (χ1v) is 9.63. The number of aryl methyl sites for hydroxylation is 2. The number of hydrogen-bond donors (Lipinski definition) is 0. The largest absolute Gasteiger partial charge is 0.384 e. The quantitative estimate of drug-likeness (QED) is 0.843. The van der Waals surface area contributed by atoms with Crippen LogP contribution in [0.1, 0.15) is 61.0 Å². The summed E-state index contributed by atoms with van der Waals surface area (Å²) < 4.78 is 7.42. The molecule has 0 saturated heterocycles. The molecule has 0 amide bonds. The number of fused-ring (bicyclic) bond motifs is 1. The van der Waals surface area contributed by atoms with Gasteiger partial charge < -0.3 is 4.74 Å². The molecule has 5 nitrogen and oxygen atoms in total. The Hall–Kier alpha value is -2.19. The molecule has 2 aromatic heterocycles. The maximum Gasteiger partial charge on any atom is 0.102 e. The predicted molar refractivity (Wildman–Crippen MR) is 99.8 cm³/mol. The Bertz CT molecular complexity index is 856. The Morgan fingerprint density at radius 1 is 1.23 bits per heavy atom. The first-order valence-electron chi connectivity index (χ1n) is 9.63. The lowest BCUT2D eigenvalue weighted by atomic mass is 9.77. The molecule has 0 aromatic carbocycles. The number of aromatic nitrogens is 3. The summed E-state index contributed by atoms with van der Waals surface area (Å²) in [5.41, 5.74) is 6.15. The second-order valence-electron chi connectivity index (χ2n) is 7.78. The van der Waals surface area contributed by atoms with Crippen LogP contribution < -0.4 is 0 Å². The van der Waals surface area contributed by atoms with E-state index in [0.29, 0.717) is 6.61 Å². The molecule has 1 saturated carbocycles. The van der Waals surface area contributed by atoms with Crippen molar-refractivity contribution in [1.29, 1.82) is 5.26 Å². The summed E-state index contributed by atoms with van der Waals surface area (Å²) in [5, 5.41) is 14.5. The van der Waals surface area contributed by atoms with E-state index >= 15 is 0 Å². The molecule has 2 aliphatic carbocycles. The van der Waals surface area contributed by atoms with Gasteiger partial charge in [-0.3, -0.25) is 9.67 Å².